The summed E-state index contributed by atoms with van der Waals surface area (Å²) in [5.41, 5.74) is 2.18. The average molecular weight is 300 g/mol. The van der Waals surface area contributed by atoms with Crippen molar-refractivity contribution in [2.24, 2.45) is 5.92 Å². The van der Waals surface area contributed by atoms with Gasteiger partial charge in [-0.25, -0.2) is 0 Å². The largest absolute Gasteiger partial charge is 0.352 e. The van der Waals surface area contributed by atoms with Gasteiger partial charge in [-0.05, 0) is 35.9 Å². The summed E-state index contributed by atoms with van der Waals surface area (Å²) in [5, 5.41) is 5.13. The summed E-state index contributed by atoms with van der Waals surface area (Å²) < 4.78 is 0. The van der Waals surface area contributed by atoms with Crippen LogP contribution in [0.2, 0.25) is 0 Å². The van der Waals surface area contributed by atoms with Gasteiger partial charge in [0.2, 0.25) is 5.91 Å². The van der Waals surface area contributed by atoms with E-state index in [1.165, 1.54) is 24.1 Å². The van der Waals surface area contributed by atoms with Crippen molar-refractivity contribution in [1.82, 2.24) is 10.3 Å². The molecular formula is C17H20N2OS. The molecule has 1 amide bonds. The third-order valence-electron chi connectivity index (χ3n) is 4.04. The zero-order chi connectivity index (χ0) is 14.5. The van der Waals surface area contributed by atoms with Gasteiger partial charge in [0.15, 0.2) is 0 Å². The third-order valence-corrected chi connectivity index (χ3v) is 4.96. The molecule has 3 nitrogen and oxygen atoms in total. The number of nitrogens with zero attached hydrogens (tertiary/aromatic N) is 1. The quantitative estimate of drug-likeness (QED) is 0.927. The van der Waals surface area contributed by atoms with Crippen molar-refractivity contribution in [2.75, 3.05) is 0 Å². The smallest absolute Gasteiger partial charge is 0.223 e. The SMILES string of the molecule is O=C(NCc1cncc(-c2cccs2)c1)C1CCCCC1. The van der Waals surface area contributed by atoms with E-state index in [2.05, 4.69) is 27.8 Å². The molecule has 0 bridgehead atoms. The van der Waals surface area contributed by atoms with E-state index < -0.39 is 0 Å². The van der Waals surface area contributed by atoms with Gasteiger partial charge in [-0.1, -0.05) is 25.3 Å². The van der Waals surface area contributed by atoms with Gasteiger partial charge in [0, 0.05) is 35.3 Å². The molecule has 1 fully saturated rings. The fourth-order valence-corrected chi connectivity index (χ4v) is 3.57. The van der Waals surface area contributed by atoms with Gasteiger partial charge in [-0.3, -0.25) is 9.78 Å². The van der Waals surface area contributed by atoms with E-state index in [1.54, 1.807) is 11.3 Å². The first kappa shape index (κ1) is 14.3. The molecule has 2 aromatic rings. The maximum atomic E-state index is 12.2. The molecule has 1 N–H and O–H groups in total. The predicted molar refractivity (Wildman–Crippen MR) is 86.0 cm³/mol. The molecule has 0 aliphatic heterocycles. The number of thiophene rings is 1. The second-order valence-corrected chi connectivity index (χ2v) is 6.56. The van der Waals surface area contributed by atoms with Gasteiger partial charge in [-0.15, -0.1) is 11.3 Å². The molecule has 1 aliphatic rings. The van der Waals surface area contributed by atoms with Crippen LogP contribution in [0.25, 0.3) is 10.4 Å². The first-order chi connectivity index (χ1) is 10.3. The van der Waals surface area contributed by atoms with Crippen LogP contribution in [-0.4, -0.2) is 10.9 Å². The summed E-state index contributed by atoms with van der Waals surface area (Å²) in [6.07, 6.45) is 9.44. The number of carbonyl (C=O) groups excluding carboxylic acids is 1. The van der Waals surface area contributed by atoms with Crippen LogP contribution in [0.1, 0.15) is 37.7 Å². The second-order valence-electron chi connectivity index (χ2n) is 5.61. The lowest BCUT2D eigenvalue weighted by Gasteiger charge is -2.20. The van der Waals surface area contributed by atoms with Crippen molar-refractivity contribution < 1.29 is 4.79 Å². The van der Waals surface area contributed by atoms with E-state index in [1.807, 2.05) is 18.5 Å². The molecule has 1 saturated carbocycles. The minimum absolute atomic E-state index is 0.205. The molecule has 110 valence electrons. The second kappa shape index (κ2) is 6.85. The Morgan fingerprint density at radius 3 is 2.90 bits per heavy atom. The number of hydrogen-bond acceptors (Lipinski definition) is 3. The van der Waals surface area contributed by atoms with Crippen LogP contribution in [-0.2, 0) is 11.3 Å². The molecule has 0 unspecified atom stereocenters. The summed E-state index contributed by atoms with van der Waals surface area (Å²) >= 11 is 1.70. The van der Waals surface area contributed by atoms with Crippen molar-refractivity contribution in [2.45, 2.75) is 38.6 Å². The highest BCUT2D eigenvalue weighted by molar-refractivity contribution is 7.13. The lowest BCUT2D eigenvalue weighted by molar-refractivity contribution is -0.126. The summed E-state index contributed by atoms with van der Waals surface area (Å²) in [5.74, 6) is 0.420. The highest BCUT2D eigenvalue weighted by Crippen LogP contribution is 2.25. The summed E-state index contributed by atoms with van der Waals surface area (Å²) in [7, 11) is 0. The number of pyridine rings is 1. The fourth-order valence-electron chi connectivity index (χ4n) is 2.86. The van der Waals surface area contributed by atoms with Crippen LogP contribution in [0.3, 0.4) is 0 Å². The van der Waals surface area contributed by atoms with Crippen LogP contribution in [0.15, 0.2) is 36.0 Å². The number of aromatic nitrogens is 1. The van der Waals surface area contributed by atoms with Crippen molar-refractivity contribution in [1.29, 1.82) is 0 Å². The lowest BCUT2D eigenvalue weighted by atomic mass is 9.88. The fraction of sp³-hybridized carbons (Fsp3) is 0.412. The molecule has 21 heavy (non-hydrogen) atoms. The van der Waals surface area contributed by atoms with Gasteiger partial charge < -0.3 is 5.32 Å². The summed E-state index contributed by atoms with van der Waals surface area (Å²) in [6, 6.07) is 6.24. The molecule has 0 atom stereocenters. The van der Waals surface area contributed by atoms with Crippen LogP contribution >= 0.6 is 11.3 Å². The summed E-state index contributed by atoms with van der Waals surface area (Å²) in [6.45, 7) is 0.571. The van der Waals surface area contributed by atoms with Gasteiger partial charge >= 0.3 is 0 Å². The van der Waals surface area contributed by atoms with Crippen LogP contribution in [0.4, 0.5) is 0 Å². The Labute approximate surface area is 129 Å². The van der Waals surface area contributed by atoms with Crippen LogP contribution in [0, 0.1) is 5.92 Å². The number of amides is 1. The zero-order valence-corrected chi connectivity index (χ0v) is 12.9. The minimum atomic E-state index is 0.205. The molecule has 2 aromatic heterocycles. The molecule has 4 heteroatoms. The van der Waals surface area contributed by atoms with Gasteiger partial charge in [-0.2, -0.15) is 0 Å². The maximum Gasteiger partial charge on any atom is 0.223 e. The Bertz CT molecular complexity index is 589. The van der Waals surface area contributed by atoms with E-state index in [-0.39, 0.29) is 11.8 Å². The van der Waals surface area contributed by atoms with E-state index >= 15 is 0 Å². The first-order valence-electron chi connectivity index (χ1n) is 7.58. The zero-order valence-electron chi connectivity index (χ0n) is 12.0. The summed E-state index contributed by atoms with van der Waals surface area (Å²) in [4.78, 5) is 17.7. The standard InChI is InChI=1S/C17H20N2OS/c20-17(14-5-2-1-3-6-14)19-11-13-9-15(12-18-10-13)16-7-4-8-21-16/h4,7-10,12,14H,1-3,5-6,11H2,(H,19,20). The normalized spacial score (nSPS) is 15.8. The Balaban J connectivity index is 1.60. The Hall–Kier alpha value is -1.68. The van der Waals surface area contributed by atoms with Crippen molar-refractivity contribution in [3.63, 3.8) is 0 Å². The van der Waals surface area contributed by atoms with E-state index in [4.69, 9.17) is 0 Å². The highest BCUT2D eigenvalue weighted by atomic mass is 32.1. The Morgan fingerprint density at radius 1 is 1.29 bits per heavy atom. The predicted octanol–water partition coefficient (Wildman–Crippen LogP) is 4.01. The topological polar surface area (TPSA) is 42.0 Å². The Morgan fingerprint density at radius 2 is 2.14 bits per heavy atom. The van der Waals surface area contributed by atoms with Gasteiger partial charge in [0.05, 0.1) is 0 Å². The number of rotatable bonds is 4. The van der Waals surface area contributed by atoms with Crippen LogP contribution < -0.4 is 5.32 Å². The van der Waals surface area contributed by atoms with Crippen LogP contribution in [0.5, 0.6) is 0 Å². The molecule has 3 rings (SSSR count). The molecular weight excluding hydrogens is 280 g/mol. The molecule has 0 radical (unpaired) electrons. The molecule has 0 saturated heterocycles. The van der Waals surface area contributed by atoms with E-state index in [0.717, 1.165) is 24.0 Å². The van der Waals surface area contributed by atoms with Gasteiger partial charge in [0.25, 0.3) is 0 Å². The number of carbonyl (C=O) groups is 1. The third kappa shape index (κ3) is 3.70. The lowest BCUT2D eigenvalue weighted by Crippen LogP contribution is -2.31. The molecule has 0 spiro atoms. The molecule has 0 aromatic carbocycles. The van der Waals surface area contributed by atoms with Gasteiger partial charge in [0.1, 0.15) is 0 Å². The van der Waals surface area contributed by atoms with Crippen molar-refractivity contribution in [3.05, 3.63) is 41.5 Å². The van der Waals surface area contributed by atoms with Crippen molar-refractivity contribution in [3.8, 4) is 10.4 Å². The maximum absolute atomic E-state index is 12.2. The van der Waals surface area contributed by atoms with Crippen molar-refractivity contribution >= 4 is 17.2 Å². The number of nitrogens with one attached hydrogen (secondary N) is 1. The molecule has 2 heterocycles. The Kier molecular flexibility index (Phi) is 4.65. The average Bonchev–Trinajstić information content (AvgIpc) is 3.08. The van der Waals surface area contributed by atoms with E-state index in [0.29, 0.717) is 6.54 Å². The van der Waals surface area contributed by atoms with E-state index in [9.17, 15) is 4.79 Å². The monoisotopic (exact) mass is 300 g/mol. The minimum Gasteiger partial charge on any atom is -0.352 e. The highest BCUT2D eigenvalue weighted by Gasteiger charge is 2.20. The number of hydrogen-bond donors (Lipinski definition) is 1. The molecule has 1 aliphatic carbocycles. The first-order valence-corrected chi connectivity index (χ1v) is 8.46.